The van der Waals surface area contributed by atoms with Crippen LogP contribution in [0.5, 0.6) is 11.5 Å². The van der Waals surface area contributed by atoms with Gasteiger partial charge in [0, 0.05) is 31.4 Å². The van der Waals surface area contributed by atoms with E-state index in [4.69, 9.17) is 9.47 Å². The van der Waals surface area contributed by atoms with E-state index in [1.165, 1.54) is 18.5 Å². The van der Waals surface area contributed by atoms with Crippen molar-refractivity contribution in [1.29, 1.82) is 0 Å². The summed E-state index contributed by atoms with van der Waals surface area (Å²) in [7, 11) is 1.70. The first-order chi connectivity index (χ1) is 11.2. The molecule has 0 aromatic heterocycles. The molecule has 0 aliphatic rings. The zero-order valence-corrected chi connectivity index (χ0v) is 15.5. The van der Waals surface area contributed by atoms with Crippen molar-refractivity contribution in [3.63, 3.8) is 0 Å². The number of benzene rings is 1. The molecule has 0 bridgehead atoms. The van der Waals surface area contributed by atoms with E-state index in [0.29, 0.717) is 0 Å². The third-order valence-corrected chi connectivity index (χ3v) is 3.99. The van der Waals surface area contributed by atoms with E-state index in [0.717, 1.165) is 44.1 Å². The average Bonchev–Trinajstić information content (AvgIpc) is 2.57. The van der Waals surface area contributed by atoms with Crippen molar-refractivity contribution in [3.8, 4) is 11.5 Å². The van der Waals surface area contributed by atoms with Crippen molar-refractivity contribution in [2.75, 3.05) is 38.2 Å². The van der Waals surface area contributed by atoms with Crippen LogP contribution in [0.2, 0.25) is 0 Å². The number of hydrogen-bond donors (Lipinski definition) is 1. The largest absolute Gasteiger partial charge is 0.493 e. The van der Waals surface area contributed by atoms with Crippen molar-refractivity contribution < 1.29 is 9.47 Å². The molecule has 1 unspecified atom stereocenters. The molecule has 0 aliphatic heterocycles. The number of hydrogen-bond acceptors (Lipinski definition) is 4. The van der Waals surface area contributed by atoms with Crippen LogP contribution in [0.4, 0.5) is 5.69 Å². The summed E-state index contributed by atoms with van der Waals surface area (Å²) in [5, 5.41) is 3.38. The number of anilines is 1. The number of nitrogens with zero attached hydrogens (tertiary/aromatic N) is 1. The highest BCUT2D eigenvalue weighted by Gasteiger charge is 2.12. The van der Waals surface area contributed by atoms with Gasteiger partial charge in [0.25, 0.3) is 0 Å². The van der Waals surface area contributed by atoms with Crippen molar-refractivity contribution in [1.82, 2.24) is 5.32 Å². The lowest BCUT2D eigenvalue weighted by molar-refractivity contribution is 0.198. The van der Waals surface area contributed by atoms with Crippen LogP contribution in [0.15, 0.2) is 18.2 Å². The Morgan fingerprint density at radius 3 is 2.57 bits per heavy atom. The monoisotopic (exact) mass is 322 g/mol. The Hall–Kier alpha value is -1.42. The highest BCUT2D eigenvalue weighted by atomic mass is 16.5. The van der Waals surface area contributed by atoms with Gasteiger partial charge in [0.05, 0.1) is 13.2 Å². The topological polar surface area (TPSA) is 33.7 Å². The summed E-state index contributed by atoms with van der Waals surface area (Å²) in [5.41, 5.74) is 1.18. The molecule has 0 saturated carbocycles. The van der Waals surface area contributed by atoms with Crippen LogP contribution in [0.1, 0.15) is 47.0 Å². The van der Waals surface area contributed by atoms with Crippen LogP contribution in [-0.4, -0.2) is 39.4 Å². The van der Waals surface area contributed by atoms with Crippen molar-refractivity contribution in [2.45, 2.75) is 53.1 Å². The Balaban J connectivity index is 2.83. The second kappa shape index (κ2) is 11.2. The molecule has 1 N–H and O–H groups in total. The number of rotatable bonds is 12. The molecule has 4 nitrogen and oxygen atoms in total. The van der Waals surface area contributed by atoms with Gasteiger partial charge in [0.2, 0.25) is 0 Å². The van der Waals surface area contributed by atoms with Crippen LogP contribution in [0, 0.1) is 0 Å². The summed E-state index contributed by atoms with van der Waals surface area (Å²) in [5.74, 6) is 1.65. The van der Waals surface area contributed by atoms with Crippen molar-refractivity contribution >= 4 is 5.69 Å². The zero-order valence-electron chi connectivity index (χ0n) is 15.5. The lowest BCUT2D eigenvalue weighted by atomic mass is 10.2. The van der Waals surface area contributed by atoms with Gasteiger partial charge in [0.1, 0.15) is 0 Å². The highest BCUT2D eigenvalue weighted by Crippen LogP contribution is 2.33. The first-order valence-electron chi connectivity index (χ1n) is 8.96. The maximum atomic E-state index is 6.13. The van der Waals surface area contributed by atoms with Crippen LogP contribution in [0.3, 0.4) is 0 Å². The number of methoxy groups -OCH3 is 1. The third-order valence-electron chi connectivity index (χ3n) is 3.99. The summed E-state index contributed by atoms with van der Waals surface area (Å²) < 4.78 is 11.6. The summed E-state index contributed by atoms with van der Waals surface area (Å²) in [4.78, 5) is 2.35. The molecule has 1 atom stereocenters. The normalized spacial score (nSPS) is 12.0. The van der Waals surface area contributed by atoms with Crippen LogP contribution >= 0.6 is 0 Å². The molecule has 1 aromatic rings. The van der Waals surface area contributed by atoms with E-state index in [-0.39, 0.29) is 6.10 Å². The highest BCUT2D eigenvalue weighted by molar-refractivity contribution is 5.56. The maximum absolute atomic E-state index is 6.13. The van der Waals surface area contributed by atoms with Gasteiger partial charge >= 0.3 is 0 Å². The molecule has 0 saturated heterocycles. The fourth-order valence-corrected chi connectivity index (χ4v) is 2.58. The molecular weight excluding hydrogens is 288 g/mol. The quantitative estimate of drug-likeness (QED) is 0.588. The van der Waals surface area contributed by atoms with Gasteiger partial charge in [-0.05, 0) is 38.9 Å². The first-order valence-corrected chi connectivity index (χ1v) is 8.96. The Labute approximate surface area is 142 Å². The van der Waals surface area contributed by atoms with E-state index in [9.17, 15) is 0 Å². The molecule has 0 spiro atoms. The van der Waals surface area contributed by atoms with E-state index in [2.05, 4.69) is 50.0 Å². The number of nitrogens with one attached hydrogen (secondary N) is 1. The van der Waals surface area contributed by atoms with Crippen LogP contribution in [0.25, 0.3) is 0 Å². The van der Waals surface area contributed by atoms with Crippen LogP contribution in [-0.2, 0) is 0 Å². The van der Waals surface area contributed by atoms with Crippen molar-refractivity contribution in [3.05, 3.63) is 18.2 Å². The SMILES string of the molecule is CCCCC(C)Oc1cc(N(CC)CCNCC)ccc1OC. The third kappa shape index (κ3) is 6.69. The van der Waals surface area contributed by atoms with Gasteiger partial charge in [-0.2, -0.15) is 0 Å². The van der Waals surface area contributed by atoms with Gasteiger partial charge in [-0.3, -0.25) is 0 Å². The molecule has 0 fully saturated rings. The van der Waals surface area contributed by atoms with Gasteiger partial charge < -0.3 is 19.7 Å². The van der Waals surface area contributed by atoms with E-state index >= 15 is 0 Å². The van der Waals surface area contributed by atoms with Crippen molar-refractivity contribution in [2.24, 2.45) is 0 Å². The Morgan fingerprint density at radius 1 is 1.17 bits per heavy atom. The average molecular weight is 322 g/mol. The fraction of sp³-hybridized carbons (Fsp3) is 0.684. The number of likely N-dealkylation sites (N-methyl/N-ethyl adjacent to an activating group) is 2. The molecule has 0 aliphatic carbocycles. The summed E-state index contributed by atoms with van der Waals surface area (Å²) in [6.45, 7) is 12.6. The molecule has 1 aromatic carbocycles. The molecule has 132 valence electrons. The predicted octanol–water partition coefficient (Wildman–Crippen LogP) is 4.09. The molecule has 0 radical (unpaired) electrons. The second-order valence-corrected chi connectivity index (χ2v) is 5.84. The molecule has 23 heavy (non-hydrogen) atoms. The molecule has 4 heteroatoms. The minimum absolute atomic E-state index is 0.205. The van der Waals surface area contributed by atoms with Gasteiger partial charge in [-0.25, -0.2) is 0 Å². The predicted molar refractivity (Wildman–Crippen MR) is 99.0 cm³/mol. The van der Waals surface area contributed by atoms with E-state index in [1.54, 1.807) is 7.11 Å². The summed E-state index contributed by atoms with van der Waals surface area (Å²) in [6.07, 6.45) is 3.66. The number of unbranched alkanes of at least 4 members (excludes halogenated alkanes) is 1. The van der Waals surface area contributed by atoms with Gasteiger partial charge in [-0.1, -0.05) is 26.7 Å². The standard InChI is InChI=1S/C19H34N2O2/c1-6-9-10-16(4)23-19-15-17(11-12-18(19)22-5)21(8-3)14-13-20-7-2/h11-12,15-16,20H,6-10,13-14H2,1-5H3. The minimum Gasteiger partial charge on any atom is -0.493 e. The van der Waals surface area contributed by atoms with Crippen LogP contribution < -0.4 is 19.7 Å². The number of ether oxygens (including phenoxy) is 2. The second-order valence-electron chi connectivity index (χ2n) is 5.84. The maximum Gasteiger partial charge on any atom is 0.163 e. The first kappa shape index (κ1) is 19.6. The van der Waals surface area contributed by atoms with Gasteiger partial charge in [0.15, 0.2) is 11.5 Å². The fourth-order valence-electron chi connectivity index (χ4n) is 2.58. The lowest BCUT2D eigenvalue weighted by Crippen LogP contribution is -2.31. The molecule has 1 rings (SSSR count). The summed E-state index contributed by atoms with van der Waals surface area (Å²) in [6, 6.07) is 6.22. The lowest BCUT2D eigenvalue weighted by Gasteiger charge is -2.25. The smallest absolute Gasteiger partial charge is 0.163 e. The van der Waals surface area contributed by atoms with Gasteiger partial charge in [-0.15, -0.1) is 0 Å². The van der Waals surface area contributed by atoms with E-state index < -0.39 is 0 Å². The Kier molecular flexibility index (Phi) is 9.53. The molecule has 0 amide bonds. The molecule has 0 heterocycles. The molecular formula is C19H34N2O2. The Morgan fingerprint density at radius 2 is 1.96 bits per heavy atom. The summed E-state index contributed by atoms with van der Waals surface area (Å²) >= 11 is 0. The Bertz CT molecular complexity index is 437. The van der Waals surface area contributed by atoms with E-state index in [1.807, 2.05) is 6.07 Å². The zero-order chi connectivity index (χ0) is 17.1. The minimum atomic E-state index is 0.205.